The second-order valence-corrected chi connectivity index (χ2v) is 3.46. The van der Waals surface area contributed by atoms with Crippen molar-refractivity contribution in [1.29, 1.82) is 0 Å². The van der Waals surface area contributed by atoms with Gasteiger partial charge in [0.05, 0.1) is 12.7 Å². The van der Waals surface area contributed by atoms with Gasteiger partial charge in [0.25, 0.3) is 0 Å². The van der Waals surface area contributed by atoms with E-state index in [1.54, 1.807) is 0 Å². The van der Waals surface area contributed by atoms with E-state index < -0.39 is 0 Å². The summed E-state index contributed by atoms with van der Waals surface area (Å²) in [5.74, 6) is 0. The lowest BCUT2D eigenvalue weighted by atomic mass is 10.3. The zero-order valence-corrected chi connectivity index (χ0v) is 9.44. The van der Waals surface area contributed by atoms with Crippen molar-refractivity contribution in [2.24, 2.45) is 0 Å². The van der Waals surface area contributed by atoms with Crippen LogP contribution in [0.25, 0.3) is 0 Å². The van der Waals surface area contributed by atoms with E-state index in [0.717, 1.165) is 12.2 Å². The van der Waals surface area contributed by atoms with E-state index in [-0.39, 0.29) is 6.10 Å². The van der Waals surface area contributed by atoms with Gasteiger partial charge in [-0.15, -0.1) is 0 Å². The summed E-state index contributed by atoms with van der Waals surface area (Å²) < 4.78 is 5.55. The van der Waals surface area contributed by atoms with E-state index in [9.17, 15) is 0 Å². The molecule has 1 rings (SSSR count). The molecule has 0 amide bonds. The second-order valence-electron chi connectivity index (χ2n) is 3.46. The van der Waals surface area contributed by atoms with Crippen LogP contribution in [0.5, 0.6) is 0 Å². The molecule has 82 valence electrons. The van der Waals surface area contributed by atoms with Crippen molar-refractivity contribution < 1.29 is 4.74 Å². The molecule has 0 saturated carbocycles. The molecule has 0 aliphatic heterocycles. The minimum atomic E-state index is 0.224. The fourth-order valence-electron chi connectivity index (χ4n) is 1.19. The van der Waals surface area contributed by atoms with Crippen LogP contribution in [-0.4, -0.2) is 19.3 Å². The lowest BCUT2D eigenvalue weighted by molar-refractivity contribution is 0.0978. The van der Waals surface area contributed by atoms with Crippen LogP contribution >= 0.6 is 0 Å². The van der Waals surface area contributed by atoms with Crippen LogP contribution in [0.1, 0.15) is 13.8 Å². The minimum Gasteiger partial charge on any atom is -0.382 e. The predicted molar refractivity (Wildman–Crippen MR) is 65.2 cm³/mol. The van der Waals surface area contributed by atoms with Crippen LogP contribution in [0.15, 0.2) is 42.5 Å². The van der Waals surface area contributed by atoms with Crippen LogP contribution < -0.4 is 5.32 Å². The van der Waals surface area contributed by atoms with Crippen molar-refractivity contribution in [2.45, 2.75) is 20.0 Å². The third kappa shape index (κ3) is 5.23. The van der Waals surface area contributed by atoms with Crippen LogP contribution in [0.2, 0.25) is 0 Å². The number of nitrogens with one attached hydrogen (secondary N) is 1. The largest absolute Gasteiger partial charge is 0.382 e. The highest BCUT2D eigenvalue weighted by Crippen LogP contribution is 2.05. The van der Waals surface area contributed by atoms with Crippen molar-refractivity contribution in [1.82, 2.24) is 0 Å². The van der Waals surface area contributed by atoms with Crippen LogP contribution in [-0.2, 0) is 4.74 Å². The Morgan fingerprint density at radius 3 is 2.73 bits per heavy atom. The van der Waals surface area contributed by atoms with Gasteiger partial charge in [-0.25, -0.2) is 0 Å². The zero-order valence-electron chi connectivity index (χ0n) is 9.44. The molecule has 0 heterocycles. The summed E-state index contributed by atoms with van der Waals surface area (Å²) in [6.07, 6.45) is 4.23. The molecule has 0 radical (unpaired) electrons. The van der Waals surface area contributed by atoms with Gasteiger partial charge < -0.3 is 10.1 Å². The summed E-state index contributed by atoms with van der Waals surface area (Å²) in [5, 5.41) is 3.32. The Hall–Kier alpha value is -1.28. The molecule has 0 bridgehead atoms. The standard InChI is InChI=1S/C13H19NO/c1-3-4-10-15-12(2)11-14-13-8-6-5-7-9-13/h3-9,12,14H,10-11H2,1-2H3. The average molecular weight is 205 g/mol. The van der Waals surface area contributed by atoms with Crippen molar-refractivity contribution in [2.75, 3.05) is 18.5 Å². The Morgan fingerprint density at radius 1 is 1.33 bits per heavy atom. The Morgan fingerprint density at radius 2 is 2.07 bits per heavy atom. The van der Waals surface area contributed by atoms with Crippen molar-refractivity contribution in [3.8, 4) is 0 Å². The molecule has 1 aromatic rings. The molecule has 2 heteroatoms. The fraction of sp³-hybridized carbons (Fsp3) is 0.385. The molecular formula is C13H19NO. The number of ether oxygens (including phenoxy) is 1. The number of para-hydroxylation sites is 1. The summed E-state index contributed by atoms with van der Waals surface area (Å²) in [6, 6.07) is 10.2. The van der Waals surface area contributed by atoms with Crippen LogP contribution in [0.4, 0.5) is 5.69 Å². The number of allylic oxidation sites excluding steroid dienone is 1. The van der Waals surface area contributed by atoms with Gasteiger partial charge in [-0.2, -0.15) is 0 Å². The molecule has 1 N–H and O–H groups in total. The predicted octanol–water partition coefficient (Wildman–Crippen LogP) is 3.08. The monoisotopic (exact) mass is 205 g/mol. The molecule has 2 nitrogen and oxygen atoms in total. The molecule has 0 fully saturated rings. The molecule has 15 heavy (non-hydrogen) atoms. The van der Waals surface area contributed by atoms with Crippen LogP contribution in [0.3, 0.4) is 0 Å². The number of rotatable bonds is 6. The Labute approximate surface area is 92.0 Å². The summed E-state index contributed by atoms with van der Waals surface area (Å²) in [5.41, 5.74) is 1.14. The molecule has 1 unspecified atom stereocenters. The summed E-state index contributed by atoms with van der Waals surface area (Å²) in [4.78, 5) is 0. The van der Waals surface area contributed by atoms with Gasteiger partial charge in [0, 0.05) is 12.2 Å². The normalized spacial score (nSPS) is 12.9. The summed E-state index contributed by atoms with van der Waals surface area (Å²) >= 11 is 0. The van der Waals surface area contributed by atoms with Gasteiger partial charge in [0.1, 0.15) is 0 Å². The van der Waals surface area contributed by atoms with Gasteiger partial charge in [0.15, 0.2) is 0 Å². The molecule has 1 aromatic carbocycles. The van der Waals surface area contributed by atoms with Gasteiger partial charge >= 0.3 is 0 Å². The maximum absolute atomic E-state index is 5.55. The highest BCUT2D eigenvalue weighted by atomic mass is 16.5. The van der Waals surface area contributed by atoms with Gasteiger partial charge in [-0.3, -0.25) is 0 Å². The van der Waals surface area contributed by atoms with E-state index in [2.05, 4.69) is 24.4 Å². The fourth-order valence-corrected chi connectivity index (χ4v) is 1.19. The van der Waals surface area contributed by atoms with E-state index >= 15 is 0 Å². The average Bonchev–Trinajstić information content (AvgIpc) is 2.28. The Balaban J connectivity index is 2.19. The quantitative estimate of drug-likeness (QED) is 0.721. The molecular weight excluding hydrogens is 186 g/mol. The molecule has 1 atom stereocenters. The highest BCUT2D eigenvalue weighted by molar-refractivity contribution is 5.42. The molecule has 0 aromatic heterocycles. The molecule has 0 saturated heterocycles. The van der Waals surface area contributed by atoms with Crippen LogP contribution in [0, 0.1) is 0 Å². The second kappa shape index (κ2) is 7.07. The first-order valence-electron chi connectivity index (χ1n) is 5.34. The summed E-state index contributed by atoms with van der Waals surface area (Å²) in [6.45, 7) is 5.59. The first-order valence-corrected chi connectivity index (χ1v) is 5.34. The number of hydrogen-bond acceptors (Lipinski definition) is 2. The molecule has 0 spiro atoms. The number of anilines is 1. The minimum absolute atomic E-state index is 0.224. The lowest BCUT2D eigenvalue weighted by Crippen LogP contribution is -2.19. The van der Waals surface area contributed by atoms with E-state index in [1.807, 2.05) is 37.3 Å². The number of benzene rings is 1. The highest BCUT2D eigenvalue weighted by Gasteiger charge is 1.99. The maximum Gasteiger partial charge on any atom is 0.0723 e. The summed E-state index contributed by atoms with van der Waals surface area (Å²) in [7, 11) is 0. The lowest BCUT2D eigenvalue weighted by Gasteiger charge is -2.13. The third-order valence-electron chi connectivity index (χ3n) is 2.08. The smallest absolute Gasteiger partial charge is 0.0723 e. The SMILES string of the molecule is CC=CCOC(C)CNc1ccccc1. The van der Waals surface area contributed by atoms with Crippen molar-refractivity contribution in [3.05, 3.63) is 42.5 Å². The van der Waals surface area contributed by atoms with Gasteiger partial charge in [-0.05, 0) is 26.0 Å². The first-order chi connectivity index (χ1) is 7.33. The molecule has 0 aliphatic rings. The third-order valence-corrected chi connectivity index (χ3v) is 2.08. The Bertz CT molecular complexity index is 282. The van der Waals surface area contributed by atoms with Gasteiger partial charge in [-0.1, -0.05) is 30.4 Å². The Kier molecular flexibility index (Phi) is 5.56. The molecule has 0 aliphatic carbocycles. The van der Waals surface area contributed by atoms with E-state index in [0.29, 0.717) is 6.61 Å². The van der Waals surface area contributed by atoms with Crippen molar-refractivity contribution >= 4 is 5.69 Å². The van der Waals surface area contributed by atoms with Crippen molar-refractivity contribution in [3.63, 3.8) is 0 Å². The van der Waals surface area contributed by atoms with E-state index in [4.69, 9.17) is 4.74 Å². The van der Waals surface area contributed by atoms with Gasteiger partial charge in [0.2, 0.25) is 0 Å². The zero-order chi connectivity index (χ0) is 10.9. The van der Waals surface area contributed by atoms with E-state index in [1.165, 1.54) is 0 Å². The number of hydrogen-bond donors (Lipinski definition) is 1. The topological polar surface area (TPSA) is 21.3 Å². The first kappa shape index (κ1) is 11.8. The maximum atomic E-state index is 5.55.